The number of aliphatic hydroxyl groups is 1. The third kappa shape index (κ3) is 2.97. The molecule has 1 fully saturated rings. The number of aromatic nitrogens is 2. The Morgan fingerprint density at radius 1 is 1.37 bits per heavy atom. The quantitative estimate of drug-likeness (QED) is 0.817. The van der Waals surface area contributed by atoms with Crippen LogP contribution in [0.1, 0.15) is 44.0 Å². The molecule has 1 aliphatic rings. The zero-order chi connectivity index (χ0) is 13.8. The van der Waals surface area contributed by atoms with Crippen molar-refractivity contribution in [2.24, 2.45) is 0 Å². The van der Waals surface area contributed by atoms with E-state index in [1.807, 2.05) is 13.8 Å². The van der Waals surface area contributed by atoms with Crippen LogP contribution in [0.3, 0.4) is 0 Å². The van der Waals surface area contributed by atoms with Crippen molar-refractivity contribution in [2.45, 2.75) is 52.0 Å². The van der Waals surface area contributed by atoms with E-state index in [0.29, 0.717) is 11.9 Å². The minimum Gasteiger partial charge on any atom is -0.396 e. The van der Waals surface area contributed by atoms with Crippen LogP contribution in [-0.2, 0) is 6.42 Å². The summed E-state index contributed by atoms with van der Waals surface area (Å²) in [6.07, 6.45) is 5.24. The first-order valence-electron chi connectivity index (χ1n) is 7.17. The lowest BCUT2D eigenvalue weighted by Crippen LogP contribution is -2.42. The lowest BCUT2D eigenvalue weighted by Gasteiger charge is -2.39. The molecular formula is C14H24N4O. The van der Waals surface area contributed by atoms with E-state index in [1.54, 1.807) is 0 Å². The van der Waals surface area contributed by atoms with Crippen molar-refractivity contribution in [2.75, 3.05) is 23.8 Å². The first-order chi connectivity index (χ1) is 9.17. The van der Waals surface area contributed by atoms with Gasteiger partial charge in [-0.25, -0.2) is 9.97 Å². The molecule has 19 heavy (non-hydrogen) atoms. The first kappa shape index (κ1) is 14.1. The van der Waals surface area contributed by atoms with Crippen LogP contribution in [0.4, 0.5) is 11.6 Å². The van der Waals surface area contributed by atoms with E-state index in [9.17, 15) is 0 Å². The van der Waals surface area contributed by atoms with Gasteiger partial charge in [-0.15, -0.1) is 0 Å². The van der Waals surface area contributed by atoms with Gasteiger partial charge in [-0.05, 0) is 32.6 Å². The fourth-order valence-electron chi connectivity index (χ4n) is 2.41. The molecule has 0 aromatic carbocycles. The summed E-state index contributed by atoms with van der Waals surface area (Å²) in [7, 11) is 0. The largest absolute Gasteiger partial charge is 0.396 e. The van der Waals surface area contributed by atoms with E-state index in [2.05, 4.69) is 14.9 Å². The molecule has 0 spiro atoms. The molecule has 5 nitrogen and oxygen atoms in total. The highest BCUT2D eigenvalue weighted by atomic mass is 16.3. The summed E-state index contributed by atoms with van der Waals surface area (Å²) in [6.45, 7) is 5.06. The summed E-state index contributed by atoms with van der Waals surface area (Å²) >= 11 is 0. The third-order valence-electron chi connectivity index (χ3n) is 3.86. The summed E-state index contributed by atoms with van der Waals surface area (Å²) in [6, 6.07) is 0.546. The zero-order valence-electron chi connectivity index (χ0n) is 11.9. The number of nitrogens with zero attached hydrogens (tertiary/aromatic N) is 3. The number of rotatable bonds is 6. The van der Waals surface area contributed by atoms with Crippen LogP contribution in [0.25, 0.3) is 0 Å². The molecule has 2 rings (SSSR count). The Bertz CT molecular complexity index is 432. The number of hydrogen-bond acceptors (Lipinski definition) is 5. The Morgan fingerprint density at radius 2 is 2.11 bits per heavy atom. The number of nitrogen functional groups attached to an aromatic ring is 1. The average Bonchev–Trinajstić information content (AvgIpc) is 2.35. The number of hydrogen-bond donors (Lipinski definition) is 2. The van der Waals surface area contributed by atoms with E-state index >= 15 is 0 Å². The molecule has 0 atom stereocenters. The van der Waals surface area contributed by atoms with Crippen LogP contribution in [0.5, 0.6) is 0 Å². The molecule has 0 saturated heterocycles. The van der Waals surface area contributed by atoms with Gasteiger partial charge in [0.2, 0.25) is 0 Å². The van der Waals surface area contributed by atoms with Crippen molar-refractivity contribution in [3.8, 4) is 0 Å². The molecule has 3 N–H and O–H groups in total. The fraction of sp³-hybridized carbons (Fsp3) is 0.714. The summed E-state index contributed by atoms with van der Waals surface area (Å²) in [5, 5.41) is 9.08. The maximum absolute atomic E-state index is 9.08. The van der Waals surface area contributed by atoms with Gasteiger partial charge in [0, 0.05) is 31.2 Å². The number of aliphatic hydroxyl groups excluding tert-OH is 1. The summed E-state index contributed by atoms with van der Waals surface area (Å²) in [4.78, 5) is 11.3. The van der Waals surface area contributed by atoms with Crippen LogP contribution in [0.2, 0.25) is 0 Å². The van der Waals surface area contributed by atoms with Gasteiger partial charge in [-0.3, -0.25) is 0 Å². The molecule has 106 valence electrons. The van der Waals surface area contributed by atoms with Gasteiger partial charge in [-0.1, -0.05) is 6.92 Å². The Labute approximate surface area is 114 Å². The highest BCUT2D eigenvalue weighted by Crippen LogP contribution is 2.31. The second-order valence-corrected chi connectivity index (χ2v) is 5.18. The van der Waals surface area contributed by atoms with E-state index < -0.39 is 0 Å². The highest BCUT2D eigenvalue weighted by Gasteiger charge is 2.27. The maximum atomic E-state index is 9.08. The summed E-state index contributed by atoms with van der Waals surface area (Å²) in [5.41, 5.74) is 6.96. The summed E-state index contributed by atoms with van der Waals surface area (Å²) < 4.78 is 0. The Kier molecular flexibility index (Phi) is 4.58. The Morgan fingerprint density at radius 3 is 2.63 bits per heavy atom. The number of anilines is 2. The molecule has 1 aliphatic carbocycles. The van der Waals surface area contributed by atoms with Gasteiger partial charge in [0.05, 0.1) is 0 Å². The van der Waals surface area contributed by atoms with Gasteiger partial charge in [0.25, 0.3) is 0 Å². The third-order valence-corrected chi connectivity index (χ3v) is 3.86. The van der Waals surface area contributed by atoms with Crippen molar-refractivity contribution >= 4 is 11.6 Å². The zero-order valence-corrected chi connectivity index (χ0v) is 11.9. The first-order valence-corrected chi connectivity index (χ1v) is 7.17. The van der Waals surface area contributed by atoms with Crippen LogP contribution in [0, 0.1) is 6.92 Å². The molecule has 0 bridgehead atoms. The van der Waals surface area contributed by atoms with Crippen molar-refractivity contribution < 1.29 is 5.11 Å². The van der Waals surface area contributed by atoms with Gasteiger partial charge >= 0.3 is 0 Å². The SMILES string of the molecule is CCc1nc(N)c(C)c(N(CCCO)C2CCC2)n1. The molecule has 0 amide bonds. The van der Waals surface area contributed by atoms with Crippen LogP contribution in [-0.4, -0.2) is 34.3 Å². The van der Waals surface area contributed by atoms with Crippen LogP contribution in [0.15, 0.2) is 0 Å². The molecule has 5 heteroatoms. The minimum atomic E-state index is 0.212. The number of aryl methyl sites for hydroxylation is 1. The standard InChI is InChI=1S/C14H24N4O/c1-3-12-16-13(15)10(2)14(17-12)18(8-5-9-19)11-6-4-7-11/h11,19H,3-9H2,1-2H3,(H2,15,16,17). The topological polar surface area (TPSA) is 75.3 Å². The van der Waals surface area contributed by atoms with Crippen LogP contribution >= 0.6 is 0 Å². The lowest BCUT2D eigenvalue weighted by atomic mass is 9.91. The van der Waals surface area contributed by atoms with Gasteiger partial charge in [-0.2, -0.15) is 0 Å². The molecule has 0 radical (unpaired) electrons. The normalized spacial score (nSPS) is 15.3. The Hall–Kier alpha value is -1.36. The van der Waals surface area contributed by atoms with E-state index in [4.69, 9.17) is 10.8 Å². The average molecular weight is 264 g/mol. The molecule has 0 unspecified atom stereocenters. The second-order valence-electron chi connectivity index (χ2n) is 5.18. The van der Waals surface area contributed by atoms with Crippen molar-refractivity contribution in [1.29, 1.82) is 0 Å². The molecular weight excluding hydrogens is 240 g/mol. The summed E-state index contributed by atoms with van der Waals surface area (Å²) in [5.74, 6) is 2.34. The van der Waals surface area contributed by atoms with Gasteiger partial charge < -0.3 is 15.7 Å². The predicted molar refractivity (Wildman–Crippen MR) is 77.2 cm³/mol. The molecule has 1 saturated carbocycles. The van der Waals surface area contributed by atoms with Gasteiger partial charge in [0.15, 0.2) is 0 Å². The molecule has 1 aromatic heterocycles. The van der Waals surface area contributed by atoms with Crippen molar-refractivity contribution in [1.82, 2.24) is 9.97 Å². The highest BCUT2D eigenvalue weighted by molar-refractivity contribution is 5.57. The monoisotopic (exact) mass is 264 g/mol. The van der Waals surface area contributed by atoms with E-state index in [-0.39, 0.29) is 6.61 Å². The minimum absolute atomic E-state index is 0.212. The van der Waals surface area contributed by atoms with E-state index in [0.717, 1.165) is 36.6 Å². The maximum Gasteiger partial charge on any atom is 0.137 e. The second kappa shape index (κ2) is 6.19. The fourth-order valence-corrected chi connectivity index (χ4v) is 2.41. The molecule has 1 heterocycles. The van der Waals surface area contributed by atoms with Crippen molar-refractivity contribution in [3.05, 3.63) is 11.4 Å². The molecule has 1 aromatic rings. The smallest absolute Gasteiger partial charge is 0.137 e. The molecule has 0 aliphatic heterocycles. The predicted octanol–water partition coefficient (Wildman–Crippen LogP) is 1.67. The van der Waals surface area contributed by atoms with E-state index in [1.165, 1.54) is 19.3 Å². The lowest BCUT2D eigenvalue weighted by molar-refractivity contribution is 0.282. The van der Waals surface area contributed by atoms with Gasteiger partial charge in [0.1, 0.15) is 17.5 Å². The number of nitrogens with two attached hydrogens (primary N) is 1. The van der Waals surface area contributed by atoms with Crippen LogP contribution < -0.4 is 10.6 Å². The Balaban J connectivity index is 2.31. The van der Waals surface area contributed by atoms with Crippen molar-refractivity contribution in [3.63, 3.8) is 0 Å².